The van der Waals surface area contributed by atoms with Gasteiger partial charge in [0, 0.05) is 12.1 Å². The third-order valence-corrected chi connectivity index (χ3v) is 2.79. The van der Waals surface area contributed by atoms with Crippen molar-refractivity contribution in [3.05, 3.63) is 71.0 Å². The molecule has 0 aliphatic rings. The molecule has 0 bridgehead atoms. The van der Waals surface area contributed by atoms with Gasteiger partial charge in [-0.2, -0.15) is 0 Å². The molecule has 0 unspecified atom stereocenters. The SMILES string of the molecule is Cl.NCc1ccc(/C(N)=N/OCc2ccc(F)cc2)cc1. The van der Waals surface area contributed by atoms with Crippen molar-refractivity contribution in [2.45, 2.75) is 13.2 Å². The fourth-order valence-electron chi connectivity index (χ4n) is 1.62. The van der Waals surface area contributed by atoms with E-state index in [1.807, 2.05) is 24.3 Å². The molecule has 21 heavy (non-hydrogen) atoms. The summed E-state index contributed by atoms with van der Waals surface area (Å²) in [5.74, 6) is 0.00689. The van der Waals surface area contributed by atoms with Gasteiger partial charge in [-0.15, -0.1) is 12.4 Å². The molecule has 0 fully saturated rings. The maximum atomic E-state index is 12.7. The molecule has 0 atom stereocenters. The minimum atomic E-state index is -0.281. The van der Waals surface area contributed by atoms with Crippen molar-refractivity contribution < 1.29 is 9.23 Å². The summed E-state index contributed by atoms with van der Waals surface area (Å²) in [6.45, 7) is 0.722. The first-order valence-corrected chi connectivity index (χ1v) is 6.18. The van der Waals surface area contributed by atoms with Crippen molar-refractivity contribution in [1.82, 2.24) is 0 Å². The van der Waals surface area contributed by atoms with Crippen LogP contribution in [0.4, 0.5) is 4.39 Å². The zero-order valence-corrected chi connectivity index (χ0v) is 12.1. The predicted molar refractivity (Wildman–Crippen MR) is 83.5 cm³/mol. The molecule has 0 aliphatic heterocycles. The van der Waals surface area contributed by atoms with Crippen LogP contribution in [0.2, 0.25) is 0 Å². The average molecular weight is 310 g/mol. The van der Waals surface area contributed by atoms with Crippen molar-refractivity contribution in [3.63, 3.8) is 0 Å². The molecule has 0 amide bonds. The van der Waals surface area contributed by atoms with Crippen LogP contribution in [0.1, 0.15) is 16.7 Å². The Balaban J connectivity index is 0.00000220. The highest BCUT2D eigenvalue weighted by molar-refractivity contribution is 5.97. The molecule has 4 N–H and O–H groups in total. The zero-order valence-electron chi connectivity index (χ0n) is 11.3. The van der Waals surface area contributed by atoms with Crippen molar-refractivity contribution in [2.24, 2.45) is 16.6 Å². The summed E-state index contributed by atoms with van der Waals surface area (Å²) in [5.41, 5.74) is 13.9. The number of rotatable bonds is 5. The minimum Gasteiger partial charge on any atom is -0.389 e. The van der Waals surface area contributed by atoms with Crippen LogP contribution < -0.4 is 11.5 Å². The van der Waals surface area contributed by atoms with E-state index in [-0.39, 0.29) is 30.7 Å². The third-order valence-electron chi connectivity index (χ3n) is 2.79. The lowest BCUT2D eigenvalue weighted by molar-refractivity contribution is 0.130. The van der Waals surface area contributed by atoms with Crippen LogP contribution in [0.15, 0.2) is 53.7 Å². The van der Waals surface area contributed by atoms with Crippen LogP contribution in [0.25, 0.3) is 0 Å². The van der Waals surface area contributed by atoms with E-state index in [4.69, 9.17) is 16.3 Å². The average Bonchev–Trinajstić information content (AvgIpc) is 2.49. The first-order valence-electron chi connectivity index (χ1n) is 6.18. The molecule has 6 heteroatoms. The monoisotopic (exact) mass is 309 g/mol. The van der Waals surface area contributed by atoms with Gasteiger partial charge in [-0.05, 0) is 23.3 Å². The smallest absolute Gasteiger partial charge is 0.170 e. The first-order chi connectivity index (χ1) is 9.69. The lowest BCUT2D eigenvalue weighted by Crippen LogP contribution is -2.14. The number of nitrogens with two attached hydrogens (primary N) is 2. The van der Waals surface area contributed by atoms with Crippen LogP contribution in [0, 0.1) is 5.82 Å². The highest BCUT2D eigenvalue weighted by Gasteiger charge is 2.00. The van der Waals surface area contributed by atoms with Gasteiger partial charge < -0.3 is 16.3 Å². The Morgan fingerprint density at radius 2 is 1.57 bits per heavy atom. The summed E-state index contributed by atoms with van der Waals surface area (Å²) in [4.78, 5) is 5.15. The van der Waals surface area contributed by atoms with E-state index in [1.54, 1.807) is 12.1 Å². The second-order valence-corrected chi connectivity index (χ2v) is 4.28. The van der Waals surface area contributed by atoms with Crippen molar-refractivity contribution >= 4 is 18.2 Å². The molecule has 4 nitrogen and oxygen atoms in total. The maximum absolute atomic E-state index is 12.7. The van der Waals surface area contributed by atoms with E-state index in [9.17, 15) is 4.39 Å². The molecule has 2 aromatic carbocycles. The van der Waals surface area contributed by atoms with Gasteiger partial charge in [-0.3, -0.25) is 0 Å². The largest absolute Gasteiger partial charge is 0.389 e. The van der Waals surface area contributed by atoms with E-state index in [0.717, 1.165) is 16.7 Å². The molecule has 0 aromatic heterocycles. The molecule has 112 valence electrons. The molecule has 2 rings (SSSR count). The summed E-state index contributed by atoms with van der Waals surface area (Å²) >= 11 is 0. The Hall–Kier alpha value is -2.11. The summed E-state index contributed by atoms with van der Waals surface area (Å²) in [6, 6.07) is 13.5. The molecule has 0 heterocycles. The number of hydrogen-bond donors (Lipinski definition) is 2. The van der Waals surface area contributed by atoms with Crippen LogP contribution in [-0.2, 0) is 18.0 Å². The third kappa shape index (κ3) is 5.06. The van der Waals surface area contributed by atoms with Gasteiger partial charge in [0.1, 0.15) is 12.4 Å². The van der Waals surface area contributed by atoms with E-state index in [2.05, 4.69) is 5.16 Å². The predicted octanol–water partition coefficient (Wildman–Crippen LogP) is 2.54. The Labute approximate surface area is 129 Å². The van der Waals surface area contributed by atoms with Gasteiger partial charge in [0.05, 0.1) is 0 Å². The number of amidine groups is 1. The van der Waals surface area contributed by atoms with E-state index < -0.39 is 0 Å². The van der Waals surface area contributed by atoms with E-state index >= 15 is 0 Å². The molecule has 0 spiro atoms. The summed E-state index contributed by atoms with van der Waals surface area (Å²) in [6.07, 6.45) is 0. The molecule has 0 saturated carbocycles. The molecule has 0 aliphatic carbocycles. The number of benzene rings is 2. The van der Waals surface area contributed by atoms with Crippen molar-refractivity contribution in [2.75, 3.05) is 0 Å². The Bertz CT molecular complexity index is 585. The van der Waals surface area contributed by atoms with Crippen LogP contribution >= 0.6 is 12.4 Å². The highest BCUT2D eigenvalue weighted by Crippen LogP contribution is 2.06. The van der Waals surface area contributed by atoms with E-state index in [1.165, 1.54) is 12.1 Å². The fourth-order valence-corrected chi connectivity index (χ4v) is 1.62. The molecule has 2 aromatic rings. The zero-order chi connectivity index (χ0) is 14.4. The molecular formula is C15H17ClFN3O. The van der Waals surface area contributed by atoms with Gasteiger partial charge in [-0.25, -0.2) is 4.39 Å². The van der Waals surface area contributed by atoms with E-state index in [0.29, 0.717) is 6.54 Å². The Morgan fingerprint density at radius 1 is 1.00 bits per heavy atom. The lowest BCUT2D eigenvalue weighted by Gasteiger charge is -2.03. The van der Waals surface area contributed by atoms with Crippen molar-refractivity contribution in [1.29, 1.82) is 0 Å². The lowest BCUT2D eigenvalue weighted by atomic mass is 10.1. The summed E-state index contributed by atoms with van der Waals surface area (Å²) in [7, 11) is 0. The normalized spacial score (nSPS) is 10.9. The molecular weight excluding hydrogens is 293 g/mol. The quantitative estimate of drug-likeness (QED) is 0.506. The molecule has 0 saturated heterocycles. The van der Waals surface area contributed by atoms with Gasteiger partial charge in [0.2, 0.25) is 0 Å². The second-order valence-electron chi connectivity index (χ2n) is 4.28. The number of oxime groups is 1. The van der Waals surface area contributed by atoms with Gasteiger partial charge >= 0.3 is 0 Å². The van der Waals surface area contributed by atoms with Crippen molar-refractivity contribution in [3.8, 4) is 0 Å². The molecule has 0 radical (unpaired) electrons. The number of hydrogen-bond acceptors (Lipinski definition) is 3. The first kappa shape index (κ1) is 16.9. The van der Waals surface area contributed by atoms with Gasteiger partial charge in [0.15, 0.2) is 5.84 Å². The standard InChI is InChI=1S/C15H16FN3O.ClH/c16-14-7-3-12(4-8-14)10-20-19-15(18)13-5-1-11(9-17)2-6-13;/h1-8H,9-10,17H2,(H2,18,19);1H. The Morgan fingerprint density at radius 3 is 2.14 bits per heavy atom. The maximum Gasteiger partial charge on any atom is 0.170 e. The summed E-state index contributed by atoms with van der Waals surface area (Å²) < 4.78 is 12.7. The number of halogens is 2. The fraction of sp³-hybridized carbons (Fsp3) is 0.133. The minimum absolute atomic E-state index is 0. The van der Waals surface area contributed by atoms with Crippen LogP contribution in [0.3, 0.4) is 0 Å². The van der Waals surface area contributed by atoms with Crippen LogP contribution in [0.5, 0.6) is 0 Å². The highest BCUT2D eigenvalue weighted by atomic mass is 35.5. The summed E-state index contributed by atoms with van der Waals surface area (Å²) in [5, 5.41) is 3.84. The topological polar surface area (TPSA) is 73.6 Å². The van der Waals surface area contributed by atoms with Gasteiger partial charge in [-0.1, -0.05) is 41.6 Å². The Kier molecular flexibility index (Phi) is 6.65. The van der Waals surface area contributed by atoms with Gasteiger partial charge in [0.25, 0.3) is 0 Å². The second kappa shape index (κ2) is 8.24. The van der Waals surface area contributed by atoms with Crippen LogP contribution in [-0.4, -0.2) is 5.84 Å². The number of nitrogens with zero attached hydrogens (tertiary/aromatic N) is 1.